The van der Waals surface area contributed by atoms with E-state index in [4.69, 9.17) is 0 Å². The monoisotopic (exact) mass is 367 g/mol. The summed E-state index contributed by atoms with van der Waals surface area (Å²) in [6.45, 7) is 4.93. The second-order valence-electron chi connectivity index (χ2n) is 6.55. The van der Waals surface area contributed by atoms with Crippen LogP contribution in [0.25, 0.3) is 0 Å². The first kappa shape index (κ1) is 18.7. The minimum atomic E-state index is -0.591. The van der Waals surface area contributed by atoms with Crippen LogP contribution in [-0.4, -0.2) is 54.0 Å². The minimum Gasteiger partial charge on any atom is -0.368 e. The first-order valence-corrected chi connectivity index (χ1v) is 9.15. The van der Waals surface area contributed by atoms with Crippen molar-refractivity contribution in [3.63, 3.8) is 0 Å². The molecule has 3 amide bonds. The Labute approximate surface area is 159 Å². The molecule has 0 bridgehead atoms. The SMILES string of the molecule is C[C@H](NC(=O)N1CCN(c2ccccc2)CC1)C(=O)NCc1ccncc1. The molecule has 1 atom stereocenters. The number of carbonyl (C=O) groups excluding carboxylic acids is 2. The van der Waals surface area contributed by atoms with E-state index in [1.54, 1.807) is 24.2 Å². The molecule has 7 nitrogen and oxygen atoms in total. The first-order valence-electron chi connectivity index (χ1n) is 9.15. The van der Waals surface area contributed by atoms with Crippen LogP contribution < -0.4 is 15.5 Å². The lowest BCUT2D eigenvalue weighted by Gasteiger charge is -2.36. The molecule has 1 aromatic heterocycles. The number of urea groups is 1. The Balaban J connectivity index is 1.42. The maximum atomic E-state index is 12.4. The summed E-state index contributed by atoms with van der Waals surface area (Å²) in [7, 11) is 0. The van der Waals surface area contributed by atoms with Gasteiger partial charge in [0.2, 0.25) is 5.91 Å². The number of hydrogen-bond acceptors (Lipinski definition) is 4. The summed E-state index contributed by atoms with van der Waals surface area (Å²) < 4.78 is 0. The summed E-state index contributed by atoms with van der Waals surface area (Å²) in [5, 5.41) is 5.61. The molecule has 0 unspecified atom stereocenters. The van der Waals surface area contributed by atoms with E-state index in [9.17, 15) is 9.59 Å². The lowest BCUT2D eigenvalue weighted by Crippen LogP contribution is -2.55. The van der Waals surface area contributed by atoms with Gasteiger partial charge in [-0.1, -0.05) is 18.2 Å². The van der Waals surface area contributed by atoms with Crippen LogP contribution in [0.5, 0.6) is 0 Å². The van der Waals surface area contributed by atoms with Crippen molar-refractivity contribution in [2.24, 2.45) is 0 Å². The van der Waals surface area contributed by atoms with Gasteiger partial charge in [0.15, 0.2) is 0 Å². The molecule has 7 heteroatoms. The van der Waals surface area contributed by atoms with E-state index in [1.807, 2.05) is 30.3 Å². The molecule has 0 radical (unpaired) electrons. The molecule has 1 aliphatic heterocycles. The molecule has 3 rings (SSSR count). The van der Waals surface area contributed by atoms with Gasteiger partial charge in [0.1, 0.15) is 6.04 Å². The molecule has 2 N–H and O–H groups in total. The summed E-state index contributed by atoms with van der Waals surface area (Å²) in [4.78, 5) is 32.6. The highest BCUT2D eigenvalue weighted by Gasteiger charge is 2.24. The maximum Gasteiger partial charge on any atom is 0.318 e. The highest BCUT2D eigenvalue weighted by molar-refractivity contribution is 5.86. The van der Waals surface area contributed by atoms with Crippen LogP contribution in [0, 0.1) is 0 Å². The molecule has 0 aliphatic carbocycles. The highest BCUT2D eigenvalue weighted by Crippen LogP contribution is 2.15. The van der Waals surface area contributed by atoms with Gasteiger partial charge in [-0.2, -0.15) is 0 Å². The fourth-order valence-corrected chi connectivity index (χ4v) is 2.99. The topological polar surface area (TPSA) is 77.6 Å². The number of hydrogen-bond donors (Lipinski definition) is 2. The van der Waals surface area contributed by atoms with E-state index in [0.717, 1.165) is 18.7 Å². The van der Waals surface area contributed by atoms with Gasteiger partial charge < -0.3 is 20.4 Å². The number of amides is 3. The number of piperazine rings is 1. The Hall–Kier alpha value is -3.09. The fourth-order valence-electron chi connectivity index (χ4n) is 2.99. The molecule has 0 saturated carbocycles. The Morgan fingerprint density at radius 1 is 1.04 bits per heavy atom. The molecule has 1 fully saturated rings. The van der Waals surface area contributed by atoms with Crippen molar-refractivity contribution in [3.8, 4) is 0 Å². The molecule has 1 aliphatic rings. The summed E-state index contributed by atoms with van der Waals surface area (Å²) >= 11 is 0. The van der Waals surface area contributed by atoms with Gasteiger partial charge in [0, 0.05) is 50.8 Å². The van der Waals surface area contributed by atoms with Crippen molar-refractivity contribution in [1.29, 1.82) is 0 Å². The van der Waals surface area contributed by atoms with Gasteiger partial charge in [0.25, 0.3) is 0 Å². The number of rotatable bonds is 5. The molecule has 27 heavy (non-hydrogen) atoms. The number of pyridine rings is 1. The van der Waals surface area contributed by atoms with Crippen molar-refractivity contribution in [1.82, 2.24) is 20.5 Å². The van der Waals surface area contributed by atoms with Crippen LogP contribution in [0.3, 0.4) is 0 Å². The highest BCUT2D eigenvalue weighted by atomic mass is 16.2. The van der Waals surface area contributed by atoms with Crippen LogP contribution in [0.1, 0.15) is 12.5 Å². The molecule has 142 valence electrons. The number of anilines is 1. The maximum absolute atomic E-state index is 12.4. The summed E-state index contributed by atoms with van der Waals surface area (Å²) in [6, 6.07) is 13.1. The Bertz CT molecular complexity index is 745. The summed E-state index contributed by atoms with van der Waals surface area (Å²) in [5.41, 5.74) is 2.13. The molecular formula is C20H25N5O2. The molecule has 1 saturated heterocycles. The van der Waals surface area contributed by atoms with Gasteiger partial charge in [-0.05, 0) is 36.8 Å². The number of aromatic nitrogens is 1. The zero-order valence-corrected chi connectivity index (χ0v) is 15.5. The van der Waals surface area contributed by atoms with Crippen molar-refractivity contribution in [2.75, 3.05) is 31.1 Å². The summed E-state index contributed by atoms with van der Waals surface area (Å²) in [6.07, 6.45) is 3.36. The average Bonchev–Trinajstić information content (AvgIpc) is 2.73. The van der Waals surface area contributed by atoms with Gasteiger partial charge in [0.05, 0.1) is 0 Å². The van der Waals surface area contributed by atoms with E-state index >= 15 is 0 Å². The predicted molar refractivity (Wildman–Crippen MR) is 104 cm³/mol. The molecule has 2 heterocycles. The van der Waals surface area contributed by atoms with Crippen molar-refractivity contribution in [2.45, 2.75) is 19.5 Å². The number of carbonyl (C=O) groups is 2. The third-order valence-corrected chi connectivity index (χ3v) is 4.64. The number of nitrogens with one attached hydrogen (secondary N) is 2. The lowest BCUT2D eigenvalue weighted by molar-refractivity contribution is -0.122. The van der Waals surface area contributed by atoms with E-state index in [-0.39, 0.29) is 11.9 Å². The van der Waals surface area contributed by atoms with Crippen LogP contribution in [-0.2, 0) is 11.3 Å². The zero-order valence-electron chi connectivity index (χ0n) is 15.5. The zero-order chi connectivity index (χ0) is 19.1. The van der Waals surface area contributed by atoms with Crippen LogP contribution in [0.4, 0.5) is 10.5 Å². The second kappa shape index (κ2) is 9.02. The molecular weight excluding hydrogens is 342 g/mol. The second-order valence-corrected chi connectivity index (χ2v) is 6.55. The quantitative estimate of drug-likeness (QED) is 0.842. The van der Waals surface area contributed by atoms with E-state index in [2.05, 4.69) is 32.7 Å². The van der Waals surface area contributed by atoms with Crippen LogP contribution in [0.2, 0.25) is 0 Å². The normalized spacial score (nSPS) is 15.1. The van der Waals surface area contributed by atoms with Crippen LogP contribution >= 0.6 is 0 Å². The van der Waals surface area contributed by atoms with Crippen LogP contribution in [0.15, 0.2) is 54.9 Å². The number of benzene rings is 1. The third-order valence-electron chi connectivity index (χ3n) is 4.64. The van der Waals surface area contributed by atoms with Crippen molar-refractivity contribution >= 4 is 17.6 Å². The fraction of sp³-hybridized carbons (Fsp3) is 0.350. The minimum absolute atomic E-state index is 0.200. The van der Waals surface area contributed by atoms with Gasteiger partial charge >= 0.3 is 6.03 Å². The van der Waals surface area contributed by atoms with Gasteiger partial charge in [-0.25, -0.2) is 4.79 Å². The molecule has 0 spiro atoms. The molecule has 1 aromatic carbocycles. The Morgan fingerprint density at radius 2 is 1.70 bits per heavy atom. The van der Waals surface area contributed by atoms with Crippen molar-refractivity contribution in [3.05, 3.63) is 60.4 Å². The average molecular weight is 367 g/mol. The van der Waals surface area contributed by atoms with E-state index in [0.29, 0.717) is 19.6 Å². The third kappa shape index (κ3) is 5.20. The van der Waals surface area contributed by atoms with E-state index < -0.39 is 6.04 Å². The summed E-state index contributed by atoms with van der Waals surface area (Å²) in [5.74, 6) is -0.205. The van der Waals surface area contributed by atoms with E-state index in [1.165, 1.54) is 5.69 Å². The Morgan fingerprint density at radius 3 is 2.37 bits per heavy atom. The first-order chi connectivity index (χ1) is 13.1. The standard InChI is InChI=1S/C20H25N5O2/c1-16(19(26)22-15-17-7-9-21-10-8-17)23-20(27)25-13-11-24(12-14-25)18-5-3-2-4-6-18/h2-10,16H,11-15H2,1H3,(H,22,26)(H,23,27)/t16-/m0/s1. The largest absolute Gasteiger partial charge is 0.368 e. The lowest BCUT2D eigenvalue weighted by atomic mass is 10.2. The van der Waals surface area contributed by atoms with Crippen molar-refractivity contribution < 1.29 is 9.59 Å². The number of para-hydroxylation sites is 1. The number of nitrogens with zero attached hydrogens (tertiary/aromatic N) is 3. The van der Waals surface area contributed by atoms with Gasteiger partial charge in [-0.3, -0.25) is 9.78 Å². The smallest absolute Gasteiger partial charge is 0.318 e. The Kier molecular flexibility index (Phi) is 6.25. The predicted octanol–water partition coefficient (Wildman–Crippen LogP) is 1.62. The molecule has 2 aromatic rings. The van der Waals surface area contributed by atoms with Gasteiger partial charge in [-0.15, -0.1) is 0 Å².